The van der Waals surface area contributed by atoms with Crippen molar-refractivity contribution in [3.05, 3.63) is 28.2 Å². The van der Waals surface area contributed by atoms with Crippen molar-refractivity contribution >= 4 is 17.8 Å². The quantitative estimate of drug-likeness (QED) is 0.783. The number of hydrogen-bond donors (Lipinski definition) is 2. The van der Waals surface area contributed by atoms with Gasteiger partial charge < -0.3 is 5.32 Å². The van der Waals surface area contributed by atoms with Crippen LogP contribution in [0.3, 0.4) is 0 Å². The number of hydrogen-bond acceptors (Lipinski definition) is 3. The number of aromatic amines is 1. The van der Waals surface area contributed by atoms with Crippen molar-refractivity contribution in [1.82, 2.24) is 15.5 Å². The predicted octanol–water partition coefficient (Wildman–Crippen LogP) is 2.71. The van der Waals surface area contributed by atoms with Crippen molar-refractivity contribution in [2.45, 2.75) is 26.8 Å². The van der Waals surface area contributed by atoms with Gasteiger partial charge in [0.1, 0.15) is 5.69 Å². The van der Waals surface area contributed by atoms with Crippen molar-refractivity contribution in [1.29, 1.82) is 0 Å². The van der Waals surface area contributed by atoms with E-state index in [0.717, 1.165) is 18.3 Å². The van der Waals surface area contributed by atoms with Crippen molar-refractivity contribution < 1.29 is 4.48 Å². The van der Waals surface area contributed by atoms with Crippen molar-refractivity contribution in [3.8, 4) is 0 Å². The molecule has 0 aliphatic heterocycles. The Hall–Kier alpha value is -1.36. The van der Waals surface area contributed by atoms with Crippen LogP contribution in [0.2, 0.25) is 5.02 Å². The summed E-state index contributed by atoms with van der Waals surface area (Å²) in [5, 5.41) is 12.9. The smallest absolute Gasteiger partial charge is 0.100 e. The molecule has 0 atom stereocenters. The number of aromatic nitrogens is 2. The van der Waals surface area contributed by atoms with Crippen LogP contribution in [-0.2, 0) is 6.54 Å². The maximum absolute atomic E-state index is 11.8. The monoisotopic (exact) mass is 244 g/mol. The van der Waals surface area contributed by atoms with E-state index in [4.69, 9.17) is 11.6 Å². The van der Waals surface area contributed by atoms with Crippen LogP contribution < -0.4 is 5.32 Å². The predicted molar refractivity (Wildman–Crippen MR) is 63.1 cm³/mol. The third-order valence-corrected chi connectivity index (χ3v) is 2.51. The van der Waals surface area contributed by atoms with Crippen LogP contribution in [0.5, 0.6) is 0 Å². The molecule has 0 aliphatic rings. The minimum atomic E-state index is 0.432. The van der Waals surface area contributed by atoms with E-state index in [-0.39, 0.29) is 0 Å². The van der Waals surface area contributed by atoms with Crippen LogP contribution in [0.25, 0.3) is 0 Å². The lowest BCUT2D eigenvalue weighted by molar-refractivity contribution is 0.540. The Morgan fingerprint density at radius 1 is 1.69 bits per heavy atom. The molecular weight excluding hydrogens is 231 g/mol. The first-order valence-electron chi connectivity index (χ1n) is 4.96. The van der Waals surface area contributed by atoms with E-state index < -0.39 is 0 Å². The minimum absolute atomic E-state index is 0.432. The summed E-state index contributed by atoms with van der Waals surface area (Å²) in [5.41, 5.74) is 2.13. The molecule has 0 saturated carbocycles. The van der Waals surface area contributed by atoms with Crippen LogP contribution in [-0.4, -0.2) is 16.4 Å². The summed E-state index contributed by atoms with van der Waals surface area (Å²) in [6.07, 6.45) is 3.75. The van der Waals surface area contributed by atoms with E-state index in [0.29, 0.717) is 23.0 Å². The minimum Gasteiger partial charge on any atom is -0.378 e. The average molecular weight is 245 g/mol. The molecule has 6 heteroatoms. The Morgan fingerprint density at radius 2 is 2.44 bits per heavy atom. The molecule has 2 N–H and O–H groups in total. The number of nitrogens with one attached hydrogen (secondary N) is 2. The van der Waals surface area contributed by atoms with Gasteiger partial charge >= 0.3 is 0 Å². The van der Waals surface area contributed by atoms with Crippen LogP contribution in [0, 0.1) is 6.92 Å². The number of H-pyrrole nitrogens is 1. The number of halogens is 2. The van der Waals surface area contributed by atoms with Crippen LogP contribution >= 0.6 is 11.6 Å². The van der Waals surface area contributed by atoms with Gasteiger partial charge in [-0.3, -0.25) is 5.10 Å². The highest BCUT2D eigenvalue weighted by atomic mass is 35.5. The van der Waals surface area contributed by atoms with Gasteiger partial charge in [-0.15, -0.1) is 0 Å². The summed E-state index contributed by atoms with van der Waals surface area (Å²) < 4.78 is 11.8. The molecule has 0 saturated heterocycles. The molecule has 1 aromatic heterocycles. The number of aryl methyl sites for hydroxylation is 1. The van der Waals surface area contributed by atoms with E-state index in [1.807, 2.05) is 19.9 Å². The fraction of sp³-hybridized carbons (Fsp3) is 0.400. The number of rotatable bonds is 5. The normalized spacial score (nSPS) is 12.4. The second-order valence-electron chi connectivity index (χ2n) is 3.26. The van der Waals surface area contributed by atoms with Gasteiger partial charge in [-0.25, -0.2) is 0 Å². The highest BCUT2D eigenvalue weighted by Gasteiger charge is 2.06. The fourth-order valence-electron chi connectivity index (χ4n) is 1.21. The molecule has 0 spiro atoms. The molecule has 0 aromatic carbocycles. The van der Waals surface area contributed by atoms with Gasteiger partial charge in [0.05, 0.1) is 29.2 Å². The Bertz CT molecular complexity index is 398. The topological polar surface area (TPSA) is 53.1 Å². The zero-order valence-electron chi connectivity index (χ0n) is 9.22. The Kier molecular flexibility index (Phi) is 4.98. The lowest BCUT2D eigenvalue weighted by Gasteiger charge is -2.04. The molecule has 88 valence electrons. The molecule has 0 fully saturated rings. The van der Waals surface area contributed by atoms with Crippen molar-refractivity contribution in [3.63, 3.8) is 0 Å². The highest BCUT2D eigenvalue weighted by molar-refractivity contribution is 6.31. The number of allylic oxidation sites excluding steroid dienone is 2. The molecule has 0 amide bonds. The first kappa shape index (κ1) is 12.7. The zero-order chi connectivity index (χ0) is 12.0. The van der Waals surface area contributed by atoms with Crippen LogP contribution in [0.1, 0.15) is 24.7 Å². The lowest BCUT2D eigenvalue weighted by Crippen LogP contribution is -2.14. The third kappa shape index (κ3) is 3.34. The van der Waals surface area contributed by atoms with E-state index >= 15 is 0 Å². The maximum atomic E-state index is 11.8. The van der Waals surface area contributed by atoms with Gasteiger partial charge in [0.2, 0.25) is 0 Å². The molecule has 16 heavy (non-hydrogen) atoms. The van der Waals surface area contributed by atoms with Crippen molar-refractivity contribution in [2.75, 3.05) is 0 Å². The number of nitrogens with zero attached hydrogens (tertiary/aromatic N) is 2. The summed E-state index contributed by atoms with van der Waals surface area (Å²) in [7, 11) is 0. The molecule has 0 aliphatic carbocycles. The molecule has 0 bridgehead atoms. The van der Waals surface area contributed by atoms with Crippen LogP contribution in [0.4, 0.5) is 4.48 Å². The largest absolute Gasteiger partial charge is 0.378 e. The summed E-state index contributed by atoms with van der Waals surface area (Å²) in [4.78, 5) is 0. The van der Waals surface area contributed by atoms with Gasteiger partial charge in [-0.2, -0.15) is 5.10 Å². The molecule has 1 rings (SSSR count). The van der Waals surface area contributed by atoms with Gasteiger partial charge in [0.25, 0.3) is 0 Å². The standard InChI is InChI=1S/C10H14ClFN4/c1-3-4-8(5-14-12)13-6-9-10(11)7(2)15-16-9/h4-5,13H,3,6H2,1-2H3,(H,15,16)/b8-4+,14-5?. The molecule has 1 aromatic rings. The average Bonchev–Trinajstić information content (AvgIpc) is 2.58. The third-order valence-electron chi connectivity index (χ3n) is 2.01. The SMILES string of the molecule is CC/C=C(\C=NF)NCc1n[nH]c(C)c1Cl. The summed E-state index contributed by atoms with van der Waals surface area (Å²) in [5.74, 6) is 0. The summed E-state index contributed by atoms with van der Waals surface area (Å²) >= 11 is 5.99. The summed E-state index contributed by atoms with van der Waals surface area (Å²) in [6.45, 7) is 4.23. The van der Waals surface area contributed by atoms with E-state index in [1.54, 1.807) is 0 Å². The van der Waals surface area contributed by atoms with Gasteiger partial charge in [0, 0.05) is 0 Å². The first-order valence-corrected chi connectivity index (χ1v) is 5.34. The summed E-state index contributed by atoms with van der Waals surface area (Å²) in [6, 6.07) is 0. The molecule has 0 radical (unpaired) electrons. The van der Waals surface area contributed by atoms with E-state index in [9.17, 15) is 4.48 Å². The van der Waals surface area contributed by atoms with Crippen molar-refractivity contribution in [2.24, 2.45) is 5.21 Å². The second kappa shape index (κ2) is 6.27. The highest BCUT2D eigenvalue weighted by Crippen LogP contribution is 2.16. The lowest BCUT2D eigenvalue weighted by atomic mass is 10.3. The first-order chi connectivity index (χ1) is 7.69. The van der Waals surface area contributed by atoms with Gasteiger partial charge in [-0.05, 0) is 13.3 Å². The maximum Gasteiger partial charge on any atom is 0.100 e. The Balaban J connectivity index is 2.62. The molecular formula is C10H14ClFN4. The van der Waals surface area contributed by atoms with E-state index in [1.165, 1.54) is 0 Å². The van der Waals surface area contributed by atoms with Crippen LogP contribution in [0.15, 0.2) is 17.0 Å². The molecule has 4 nitrogen and oxygen atoms in total. The van der Waals surface area contributed by atoms with Gasteiger partial charge in [0.15, 0.2) is 0 Å². The van der Waals surface area contributed by atoms with E-state index in [2.05, 4.69) is 20.7 Å². The van der Waals surface area contributed by atoms with Gasteiger partial charge in [-0.1, -0.05) is 34.3 Å². The second-order valence-corrected chi connectivity index (χ2v) is 3.64. The zero-order valence-corrected chi connectivity index (χ0v) is 9.98. The molecule has 1 heterocycles. The fourth-order valence-corrected chi connectivity index (χ4v) is 1.36. The Labute approximate surface area is 98.5 Å². The Morgan fingerprint density at radius 3 is 2.94 bits per heavy atom. The molecule has 0 unspecified atom stereocenters.